The number of hydrogen-bond acceptors (Lipinski definition) is 7. The minimum Gasteiger partial charge on any atom is -0.480 e. The molecule has 12 heteroatoms. The van der Waals surface area contributed by atoms with Crippen molar-refractivity contribution in [2.75, 3.05) is 13.2 Å². The Morgan fingerprint density at radius 2 is 1.77 bits per heavy atom. The van der Waals surface area contributed by atoms with Gasteiger partial charge < -0.3 is 31.1 Å². The van der Waals surface area contributed by atoms with Crippen LogP contribution in [0.5, 0.6) is 0 Å². The molecule has 0 radical (unpaired) electrons. The summed E-state index contributed by atoms with van der Waals surface area (Å²) in [6, 6.07) is 11.0. The fraction of sp³-hybridized carbons (Fsp3) is 0.469. The van der Waals surface area contributed by atoms with Gasteiger partial charge in [0.05, 0.1) is 18.2 Å². The molecule has 238 valence electrons. The molecule has 4 atom stereocenters. The molecular formula is C32H41FN4O7. The molecule has 0 aromatic heterocycles. The molecule has 3 rings (SSSR count). The van der Waals surface area contributed by atoms with E-state index in [-0.39, 0.29) is 32.4 Å². The molecule has 3 amide bonds. The summed E-state index contributed by atoms with van der Waals surface area (Å²) in [5.41, 5.74) is 5.69. The monoisotopic (exact) mass is 612 g/mol. The van der Waals surface area contributed by atoms with Crippen LogP contribution < -0.4 is 16.4 Å². The van der Waals surface area contributed by atoms with Crippen molar-refractivity contribution in [3.05, 3.63) is 71.5 Å². The van der Waals surface area contributed by atoms with Crippen LogP contribution in [0.1, 0.15) is 68.3 Å². The van der Waals surface area contributed by atoms with Gasteiger partial charge in [0.1, 0.15) is 23.4 Å². The summed E-state index contributed by atoms with van der Waals surface area (Å²) in [6.45, 7) is 3.61. The second-order valence-corrected chi connectivity index (χ2v) is 11.2. The number of ether oxygens (including phenoxy) is 1. The number of nitrogens with one attached hydrogen (secondary N) is 2. The first-order chi connectivity index (χ1) is 20.9. The van der Waals surface area contributed by atoms with Crippen LogP contribution in [0.15, 0.2) is 54.6 Å². The van der Waals surface area contributed by atoms with Gasteiger partial charge in [-0.1, -0.05) is 37.3 Å². The zero-order valence-electron chi connectivity index (χ0n) is 25.1. The highest BCUT2D eigenvalue weighted by Gasteiger charge is 2.41. The van der Waals surface area contributed by atoms with Gasteiger partial charge in [-0.3, -0.25) is 14.4 Å². The zero-order valence-corrected chi connectivity index (χ0v) is 25.1. The fourth-order valence-electron chi connectivity index (χ4n) is 4.95. The second-order valence-electron chi connectivity index (χ2n) is 11.2. The lowest BCUT2D eigenvalue weighted by Crippen LogP contribution is -2.63. The Labute approximate surface area is 256 Å². The van der Waals surface area contributed by atoms with Gasteiger partial charge >= 0.3 is 11.9 Å². The van der Waals surface area contributed by atoms with Crippen molar-refractivity contribution in [3.8, 4) is 0 Å². The molecule has 0 bridgehead atoms. The number of unbranched alkanes of at least 4 members (excludes halogenated alkanes) is 1. The Hall–Kier alpha value is -4.32. The number of esters is 1. The van der Waals surface area contributed by atoms with Crippen molar-refractivity contribution >= 4 is 29.7 Å². The highest BCUT2D eigenvalue weighted by Crippen LogP contribution is 2.21. The molecule has 2 aromatic rings. The largest absolute Gasteiger partial charge is 0.480 e. The number of nitrogens with two attached hydrogens (primary N) is 1. The van der Waals surface area contributed by atoms with Crippen LogP contribution in [-0.2, 0) is 30.3 Å². The van der Waals surface area contributed by atoms with Crippen molar-refractivity contribution in [2.24, 2.45) is 5.73 Å². The summed E-state index contributed by atoms with van der Waals surface area (Å²) in [4.78, 5) is 65.1. The van der Waals surface area contributed by atoms with Crippen LogP contribution in [0, 0.1) is 5.82 Å². The lowest BCUT2D eigenvalue weighted by Gasteiger charge is -2.33. The summed E-state index contributed by atoms with van der Waals surface area (Å²) in [5.74, 6) is -3.79. The number of carbonyl (C=O) groups is 5. The summed E-state index contributed by atoms with van der Waals surface area (Å²) in [5, 5.41) is 15.0. The molecule has 1 aliphatic heterocycles. The lowest BCUT2D eigenvalue weighted by atomic mass is 9.95. The van der Waals surface area contributed by atoms with Crippen LogP contribution >= 0.6 is 0 Å². The minimum absolute atomic E-state index is 0.00417. The Morgan fingerprint density at radius 3 is 2.41 bits per heavy atom. The molecule has 1 aliphatic rings. The van der Waals surface area contributed by atoms with E-state index < -0.39 is 59.1 Å². The molecule has 11 nitrogen and oxygen atoms in total. The highest BCUT2D eigenvalue weighted by atomic mass is 19.1. The molecule has 1 heterocycles. The number of nitrogens with zero attached hydrogens (tertiary/aromatic N) is 1. The number of rotatable bonds is 15. The second kappa shape index (κ2) is 15.9. The van der Waals surface area contributed by atoms with Crippen LogP contribution in [-0.4, -0.2) is 76.5 Å². The Bertz CT molecular complexity index is 1310. The minimum atomic E-state index is -1.43. The normalized spacial score (nSPS) is 17.2. The van der Waals surface area contributed by atoms with Gasteiger partial charge in [-0.25, -0.2) is 14.0 Å². The Balaban J connectivity index is 1.59. The van der Waals surface area contributed by atoms with E-state index in [0.29, 0.717) is 36.8 Å². The molecule has 0 unspecified atom stereocenters. The predicted octanol–water partition coefficient (Wildman–Crippen LogP) is 2.57. The maximum atomic E-state index is 13.6. The number of hydrogen-bond donors (Lipinski definition) is 4. The molecule has 0 aliphatic carbocycles. The Kier molecular flexibility index (Phi) is 12.4. The summed E-state index contributed by atoms with van der Waals surface area (Å²) < 4.78 is 18.7. The quantitative estimate of drug-likeness (QED) is 0.176. The highest BCUT2D eigenvalue weighted by molar-refractivity contribution is 5.96. The van der Waals surface area contributed by atoms with E-state index in [0.717, 1.165) is 0 Å². The number of aliphatic carboxylic acids is 1. The Morgan fingerprint density at radius 1 is 1.09 bits per heavy atom. The first-order valence-corrected chi connectivity index (χ1v) is 14.8. The standard InChI is InChI=1S/C32H41FN4O7/c1-3-32(2,36-27(38)24(34)12-7-8-19-44-30(42)22-10-5-4-6-11-22)31(43)35-25(20-21-14-16-23(33)17-15-21)28(39)37-18-9-13-26(37)29(40)41/h4-6,10-11,14-17,24-26H,3,7-9,12-13,18-20,34H2,1-2H3,(H,35,43)(H,36,38)(H,40,41)/t24-,25-,26+,32-/m0/s1. The molecule has 5 N–H and O–H groups in total. The number of likely N-dealkylation sites (tertiary alicyclic amines) is 1. The van der Waals surface area contributed by atoms with E-state index >= 15 is 0 Å². The van der Waals surface area contributed by atoms with Crippen LogP contribution in [0.2, 0.25) is 0 Å². The maximum absolute atomic E-state index is 13.6. The van der Waals surface area contributed by atoms with Gasteiger partial charge in [-0.2, -0.15) is 0 Å². The lowest BCUT2D eigenvalue weighted by molar-refractivity contribution is -0.149. The molecule has 0 spiro atoms. The van der Waals surface area contributed by atoms with E-state index in [1.807, 2.05) is 0 Å². The first-order valence-electron chi connectivity index (χ1n) is 14.8. The number of halogens is 1. The van der Waals surface area contributed by atoms with Crippen LogP contribution in [0.4, 0.5) is 4.39 Å². The van der Waals surface area contributed by atoms with Crippen molar-refractivity contribution in [3.63, 3.8) is 0 Å². The molecule has 1 saturated heterocycles. The number of benzene rings is 2. The van der Waals surface area contributed by atoms with E-state index in [1.165, 1.54) is 36.1 Å². The maximum Gasteiger partial charge on any atom is 0.338 e. The van der Waals surface area contributed by atoms with Crippen molar-refractivity contribution in [2.45, 2.75) is 82.5 Å². The molecule has 2 aromatic carbocycles. The molecule has 0 saturated carbocycles. The van der Waals surface area contributed by atoms with Crippen molar-refractivity contribution < 1.29 is 38.2 Å². The van der Waals surface area contributed by atoms with Crippen LogP contribution in [0.25, 0.3) is 0 Å². The molecular weight excluding hydrogens is 571 g/mol. The van der Waals surface area contributed by atoms with Gasteiger partial charge in [-0.15, -0.1) is 0 Å². The topological polar surface area (TPSA) is 168 Å². The number of amides is 3. The first kappa shape index (κ1) is 34.2. The third-order valence-corrected chi connectivity index (χ3v) is 7.87. The third kappa shape index (κ3) is 9.34. The van der Waals surface area contributed by atoms with E-state index in [2.05, 4.69) is 10.6 Å². The van der Waals surface area contributed by atoms with Crippen molar-refractivity contribution in [1.29, 1.82) is 0 Å². The fourth-order valence-corrected chi connectivity index (χ4v) is 4.95. The van der Waals surface area contributed by atoms with Gasteiger partial charge in [0.25, 0.3) is 0 Å². The van der Waals surface area contributed by atoms with E-state index in [9.17, 15) is 33.5 Å². The van der Waals surface area contributed by atoms with Crippen molar-refractivity contribution in [1.82, 2.24) is 15.5 Å². The predicted molar refractivity (Wildman–Crippen MR) is 160 cm³/mol. The third-order valence-electron chi connectivity index (χ3n) is 7.87. The van der Waals surface area contributed by atoms with Gasteiger partial charge in [0, 0.05) is 13.0 Å². The van der Waals surface area contributed by atoms with E-state index in [4.69, 9.17) is 10.5 Å². The summed E-state index contributed by atoms with van der Waals surface area (Å²) in [6.07, 6.45) is 2.26. The smallest absolute Gasteiger partial charge is 0.338 e. The summed E-state index contributed by atoms with van der Waals surface area (Å²) >= 11 is 0. The average molecular weight is 613 g/mol. The van der Waals surface area contributed by atoms with E-state index in [1.54, 1.807) is 37.3 Å². The number of carboxylic acid groups (broad SMARTS) is 1. The van der Waals surface area contributed by atoms with Gasteiger partial charge in [-0.05, 0) is 75.3 Å². The van der Waals surface area contributed by atoms with Gasteiger partial charge in [0.2, 0.25) is 17.7 Å². The number of carbonyl (C=O) groups excluding carboxylic acids is 4. The average Bonchev–Trinajstić information content (AvgIpc) is 3.52. The molecule has 1 fully saturated rings. The number of carboxylic acids is 1. The summed E-state index contributed by atoms with van der Waals surface area (Å²) in [7, 11) is 0. The van der Waals surface area contributed by atoms with Crippen LogP contribution in [0.3, 0.4) is 0 Å². The SMILES string of the molecule is CC[C@](C)(NC(=O)[C@@H](N)CCCCOC(=O)c1ccccc1)C(=O)N[C@@H](Cc1ccc(F)cc1)C(=O)N1CCC[C@@H]1C(=O)O. The zero-order chi connectivity index (χ0) is 32.3. The van der Waals surface area contributed by atoms with Gasteiger partial charge in [0.15, 0.2) is 0 Å². The molecule has 44 heavy (non-hydrogen) atoms.